The van der Waals surface area contributed by atoms with Crippen molar-refractivity contribution < 1.29 is 0 Å². The van der Waals surface area contributed by atoms with Gasteiger partial charge in [0.15, 0.2) is 0 Å². The van der Waals surface area contributed by atoms with Crippen molar-refractivity contribution in [2.45, 2.75) is 6.92 Å². The molecule has 0 aliphatic heterocycles. The average Bonchev–Trinajstić information content (AvgIpc) is 2.49. The minimum atomic E-state index is -0.153. The fraction of sp³-hybridized carbons (Fsp3) is 0.0625. The Kier molecular flexibility index (Phi) is 3.83. The second kappa shape index (κ2) is 5.77. The molecule has 3 aromatic rings. The van der Waals surface area contributed by atoms with Crippen molar-refractivity contribution in [1.29, 1.82) is 0 Å². The van der Waals surface area contributed by atoms with Gasteiger partial charge in [0, 0.05) is 9.13 Å². The molecule has 0 radical (unpaired) electrons. The Morgan fingerprint density at radius 1 is 1.14 bits per heavy atom. The molecule has 2 aromatic carbocycles. The van der Waals surface area contributed by atoms with Gasteiger partial charge >= 0.3 is 0 Å². The van der Waals surface area contributed by atoms with Crippen LogP contribution in [0, 0.1) is 10.5 Å². The van der Waals surface area contributed by atoms with Crippen LogP contribution in [0.2, 0.25) is 0 Å². The number of hydrogen-bond acceptors (Lipinski definition) is 3. The van der Waals surface area contributed by atoms with Crippen LogP contribution >= 0.6 is 22.6 Å². The standard InChI is InChI=1S/C16H12IN3O/c1-11-19-15-9-5-3-7-13(15)16(21)20(11)18-10-12-6-2-4-8-14(12)17/h2-10H,1H3/b18-10+. The molecule has 3 rings (SSSR count). The summed E-state index contributed by atoms with van der Waals surface area (Å²) in [4.78, 5) is 16.9. The zero-order valence-corrected chi connectivity index (χ0v) is 13.5. The SMILES string of the molecule is Cc1nc2ccccc2c(=O)n1/N=C/c1ccccc1I. The first-order valence-electron chi connectivity index (χ1n) is 6.44. The molecule has 0 amide bonds. The first-order valence-corrected chi connectivity index (χ1v) is 7.52. The van der Waals surface area contributed by atoms with E-state index in [0.29, 0.717) is 16.7 Å². The summed E-state index contributed by atoms with van der Waals surface area (Å²) in [5.41, 5.74) is 1.51. The van der Waals surface area contributed by atoms with Crippen molar-refractivity contribution in [3.63, 3.8) is 0 Å². The lowest BCUT2D eigenvalue weighted by Gasteiger charge is -2.05. The Bertz CT molecular complexity index is 899. The van der Waals surface area contributed by atoms with Gasteiger partial charge < -0.3 is 0 Å². The van der Waals surface area contributed by atoms with Crippen molar-refractivity contribution in [3.05, 3.63) is 73.8 Å². The Labute approximate surface area is 135 Å². The van der Waals surface area contributed by atoms with Gasteiger partial charge in [0.05, 0.1) is 17.1 Å². The van der Waals surface area contributed by atoms with Crippen LogP contribution < -0.4 is 5.56 Å². The number of para-hydroxylation sites is 1. The molecule has 0 bridgehead atoms. The number of halogens is 1. The van der Waals surface area contributed by atoms with Crippen molar-refractivity contribution in [3.8, 4) is 0 Å². The molecule has 0 N–H and O–H groups in total. The fourth-order valence-electron chi connectivity index (χ4n) is 2.07. The Morgan fingerprint density at radius 2 is 1.86 bits per heavy atom. The van der Waals surface area contributed by atoms with Crippen LogP contribution in [-0.2, 0) is 0 Å². The van der Waals surface area contributed by atoms with Crippen LogP contribution in [-0.4, -0.2) is 15.9 Å². The number of fused-ring (bicyclic) bond motifs is 1. The molecule has 1 aromatic heterocycles. The molecule has 104 valence electrons. The molecule has 0 saturated carbocycles. The summed E-state index contributed by atoms with van der Waals surface area (Å²) in [6.45, 7) is 1.78. The van der Waals surface area contributed by atoms with E-state index in [0.717, 1.165) is 9.13 Å². The Hall–Kier alpha value is -2.02. The number of hydrogen-bond donors (Lipinski definition) is 0. The van der Waals surface area contributed by atoms with Crippen LogP contribution in [0.5, 0.6) is 0 Å². The molecule has 0 unspecified atom stereocenters. The minimum Gasteiger partial charge on any atom is -0.267 e. The molecule has 0 aliphatic carbocycles. The molecule has 0 atom stereocenters. The monoisotopic (exact) mass is 389 g/mol. The predicted octanol–water partition coefficient (Wildman–Crippen LogP) is 3.19. The van der Waals surface area contributed by atoms with Gasteiger partial charge in [0.2, 0.25) is 0 Å². The summed E-state index contributed by atoms with van der Waals surface area (Å²) in [6, 6.07) is 15.2. The van der Waals surface area contributed by atoms with E-state index in [-0.39, 0.29) is 5.56 Å². The molecule has 0 saturated heterocycles. The van der Waals surface area contributed by atoms with Crippen LogP contribution in [0.4, 0.5) is 0 Å². The highest BCUT2D eigenvalue weighted by Crippen LogP contribution is 2.10. The number of benzene rings is 2. The molecular formula is C16H12IN3O. The van der Waals surface area contributed by atoms with Crippen LogP contribution in [0.25, 0.3) is 10.9 Å². The lowest BCUT2D eigenvalue weighted by atomic mass is 10.2. The lowest BCUT2D eigenvalue weighted by Crippen LogP contribution is -2.20. The molecule has 5 heteroatoms. The van der Waals surface area contributed by atoms with Crippen molar-refractivity contribution in [2.24, 2.45) is 5.10 Å². The summed E-state index contributed by atoms with van der Waals surface area (Å²) in [5.74, 6) is 0.570. The average molecular weight is 389 g/mol. The third-order valence-electron chi connectivity index (χ3n) is 3.13. The maximum Gasteiger partial charge on any atom is 0.282 e. The smallest absolute Gasteiger partial charge is 0.267 e. The highest BCUT2D eigenvalue weighted by Gasteiger charge is 2.06. The van der Waals surface area contributed by atoms with E-state index >= 15 is 0 Å². The topological polar surface area (TPSA) is 47.2 Å². The van der Waals surface area contributed by atoms with Gasteiger partial charge in [-0.2, -0.15) is 9.78 Å². The van der Waals surface area contributed by atoms with Gasteiger partial charge in [0.25, 0.3) is 5.56 Å². The summed E-state index contributed by atoms with van der Waals surface area (Å²) >= 11 is 2.24. The van der Waals surface area contributed by atoms with Crippen LogP contribution in [0.15, 0.2) is 58.4 Å². The van der Waals surface area contributed by atoms with E-state index in [2.05, 4.69) is 32.7 Å². The zero-order chi connectivity index (χ0) is 14.8. The molecule has 21 heavy (non-hydrogen) atoms. The summed E-state index contributed by atoms with van der Waals surface area (Å²) in [6.07, 6.45) is 1.69. The molecule has 0 fully saturated rings. The van der Waals surface area contributed by atoms with Crippen molar-refractivity contribution >= 4 is 39.7 Å². The molecule has 1 heterocycles. The number of nitrogens with zero attached hydrogens (tertiary/aromatic N) is 3. The van der Waals surface area contributed by atoms with E-state index in [9.17, 15) is 4.79 Å². The second-order valence-corrected chi connectivity index (χ2v) is 5.72. The Morgan fingerprint density at radius 3 is 2.67 bits per heavy atom. The molecular weight excluding hydrogens is 377 g/mol. The van der Waals surface area contributed by atoms with Crippen molar-refractivity contribution in [1.82, 2.24) is 9.66 Å². The summed E-state index contributed by atoms with van der Waals surface area (Å²) in [7, 11) is 0. The highest BCUT2D eigenvalue weighted by atomic mass is 127. The summed E-state index contributed by atoms with van der Waals surface area (Å²) < 4.78 is 2.42. The lowest BCUT2D eigenvalue weighted by molar-refractivity contribution is 0.771. The molecule has 4 nitrogen and oxygen atoms in total. The largest absolute Gasteiger partial charge is 0.282 e. The van der Waals surface area contributed by atoms with Gasteiger partial charge in [-0.3, -0.25) is 4.79 Å². The van der Waals surface area contributed by atoms with E-state index in [1.165, 1.54) is 4.68 Å². The maximum absolute atomic E-state index is 12.5. The zero-order valence-electron chi connectivity index (χ0n) is 11.3. The van der Waals surface area contributed by atoms with Crippen molar-refractivity contribution in [2.75, 3.05) is 0 Å². The highest BCUT2D eigenvalue weighted by molar-refractivity contribution is 14.1. The predicted molar refractivity (Wildman–Crippen MR) is 92.9 cm³/mol. The van der Waals surface area contributed by atoms with E-state index < -0.39 is 0 Å². The van der Waals surface area contributed by atoms with Gasteiger partial charge in [-0.05, 0) is 47.7 Å². The fourth-order valence-corrected chi connectivity index (χ4v) is 2.60. The normalized spacial score (nSPS) is 11.3. The second-order valence-electron chi connectivity index (χ2n) is 4.56. The Balaban J connectivity index is 2.13. The van der Waals surface area contributed by atoms with E-state index in [1.54, 1.807) is 19.2 Å². The third kappa shape index (κ3) is 2.73. The van der Waals surface area contributed by atoms with E-state index in [1.807, 2.05) is 42.5 Å². The number of aryl methyl sites for hydroxylation is 1. The van der Waals surface area contributed by atoms with Gasteiger partial charge in [-0.25, -0.2) is 4.98 Å². The first kappa shape index (κ1) is 13.9. The summed E-state index contributed by atoms with van der Waals surface area (Å²) in [5, 5.41) is 4.87. The van der Waals surface area contributed by atoms with Gasteiger partial charge in [-0.15, -0.1) is 0 Å². The van der Waals surface area contributed by atoms with Crippen LogP contribution in [0.3, 0.4) is 0 Å². The number of aromatic nitrogens is 2. The van der Waals surface area contributed by atoms with E-state index in [4.69, 9.17) is 0 Å². The molecule has 0 spiro atoms. The maximum atomic E-state index is 12.5. The third-order valence-corrected chi connectivity index (χ3v) is 4.12. The van der Waals surface area contributed by atoms with Crippen LogP contribution in [0.1, 0.15) is 11.4 Å². The number of rotatable bonds is 2. The first-order chi connectivity index (χ1) is 10.2. The molecule has 0 aliphatic rings. The minimum absolute atomic E-state index is 0.153. The quantitative estimate of drug-likeness (QED) is 0.499. The van der Waals surface area contributed by atoms with Gasteiger partial charge in [-0.1, -0.05) is 30.3 Å². The van der Waals surface area contributed by atoms with Gasteiger partial charge in [0.1, 0.15) is 5.82 Å².